The molecule has 2 rings (SSSR count). The molecule has 7 heteroatoms. The number of benzene rings is 1. The second-order valence-electron chi connectivity index (χ2n) is 5.40. The van der Waals surface area contributed by atoms with E-state index in [2.05, 4.69) is 5.32 Å². The molecule has 0 fully saturated rings. The maximum Gasteiger partial charge on any atom is 0.336 e. The lowest BCUT2D eigenvalue weighted by Crippen LogP contribution is -2.32. The van der Waals surface area contributed by atoms with Gasteiger partial charge in [0.2, 0.25) is 0 Å². The van der Waals surface area contributed by atoms with Gasteiger partial charge in [0.1, 0.15) is 0 Å². The van der Waals surface area contributed by atoms with Crippen molar-refractivity contribution in [1.82, 2.24) is 5.32 Å². The number of anilines is 1. The minimum absolute atomic E-state index is 0.288. The van der Waals surface area contributed by atoms with Crippen molar-refractivity contribution < 1.29 is 19.1 Å². The summed E-state index contributed by atoms with van der Waals surface area (Å²) in [6.07, 6.45) is 0. The molecular weight excluding hydrogens is 332 g/mol. The van der Waals surface area contributed by atoms with Gasteiger partial charge in [-0.25, -0.2) is 9.59 Å². The molecule has 1 aromatic rings. The maximum absolute atomic E-state index is 12.4. The third-order valence-electron chi connectivity index (χ3n) is 3.90. The first-order chi connectivity index (χ1) is 11.3. The Morgan fingerprint density at radius 2 is 1.58 bits per heavy atom. The van der Waals surface area contributed by atoms with E-state index in [1.54, 1.807) is 32.0 Å². The number of ether oxygens (including phenoxy) is 2. The number of nitrogen functional groups attached to an aromatic ring is 1. The summed E-state index contributed by atoms with van der Waals surface area (Å²) in [5.74, 6) is -1.85. The number of esters is 2. The van der Waals surface area contributed by atoms with Crippen LogP contribution in [0.15, 0.2) is 40.7 Å². The highest BCUT2D eigenvalue weighted by molar-refractivity contribution is 6.31. The number of allylic oxidation sites excluding steroid dienone is 2. The number of carbonyl (C=O) groups is 2. The summed E-state index contributed by atoms with van der Waals surface area (Å²) in [6.45, 7) is 3.47. The van der Waals surface area contributed by atoms with Crippen LogP contribution in [0.25, 0.3) is 0 Å². The molecule has 3 N–H and O–H groups in total. The van der Waals surface area contributed by atoms with Crippen LogP contribution in [0.2, 0.25) is 5.02 Å². The van der Waals surface area contributed by atoms with Crippen LogP contribution in [0.3, 0.4) is 0 Å². The molecule has 1 aliphatic heterocycles. The summed E-state index contributed by atoms with van der Waals surface area (Å²) in [5, 5.41) is 3.42. The third kappa shape index (κ3) is 3.10. The monoisotopic (exact) mass is 350 g/mol. The zero-order chi connectivity index (χ0) is 18.0. The fourth-order valence-electron chi connectivity index (χ4n) is 2.85. The van der Waals surface area contributed by atoms with E-state index < -0.39 is 17.9 Å². The van der Waals surface area contributed by atoms with Gasteiger partial charge in [-0.05, 0) is 37.6 Å². The lowest BCUT2D eigenvalue weighted by atomic mass is 9.80. The van der Waals surface area contributed by atoms with E-state index in [1.165, 1.54) is 14.2 Å². The quantitative estimate of drug-likeness (QED) is 0.643. The van der Waals surface area contributed by atoms with Crippen molar-refractivity contribution in [2.45, 2.75) is 19.8 Å². The third-order valence-corrected chi connectivity index (χ3v) is 4.25. The van der Waals surface area contributed by atoms with Crippen molar-refractivity contribution in [2.75, 3.05) is 20.0 Å². The van der Waals surface area contributed by atoms with E-state index in [-0.39, 0.29) is 11.1 Å². The average Bonchev–Trinajstić information content (AvgIpc) is 2.55. The van der Waals surface area contributed by atoms with Gasteiger partial charge < -0.3 is 20.5 Å². The molecule has 0 unspecified atom stereocenters. The van der Waals surface area contributed by atoms with Gasteiger partial charge >= 0.3 is 11.9 Å². The van der Waals surface area contributed by atoms with Gasteiger partial charge in [-0.2, -0.15) is 0 Å². The van der Waals surface area contributed by atoms with Crippen LogP contribution in [0, 0.1) is 0 Å². The molecular formula is C17H19ClN2O4. The normalized spacial score (nSPS) is 15.2. The summed E-state index contributed by atoms with van der Waals surface area (Å²) in [6, 6.07) is 4.92. The molecule has 1 aromatic carbocycles. The molecule has 0 spiro atoms. The van der Waals surface area contributed by atoms with E-state index in [0.29, 0.717) is 27.7 Å². The average molecular weight is 351 g/mol. The standard InChI is InChI=1S/C17H19ClN2O4/c1-8-13(16(21)23-3)15(11-7-10(19)5-6-12(11)18)14(9(2)20-8)17(22)24-4/h5-7,15,20H,19H2,1-4H3. The minimum Gasteiger partial charge on any atom is -0.466 e. The summed E-state index contributed by atoms with van der Waals surface area (Å²) in [5.41, 5.74) is 8.62. The molecule has 1 heterocycles. The zero-order valence-electron chi connectivity index (χ0n) is 13.9. The molecule has 128 valence electrons. The first-order valence-electron chi connectivity index (χ1n) is 7.21. The number of nitrogens with one attached hydrogen (secondary N) is 1. The molecule has 0 saturated heterocycles. The topological polar surface area (TPSA) is 90.6 Å². The van der Waals surface area contributed by atoms with Crippen LogP contribution < -0.4 is 11.1 Å². The Morgan fingerprint density at radius 1 is 1.08 bits per heavy atom. The second-order valence-corrected chi connectivity index (χ2v) is 5.81. The van der Waals surface area contributed by atoms with E-state index in [1.807, 2.05) is 0 Å². The lowest BCUT2D eigenvalue weighted by Gasteiger charge is -2.30. The Labute approximate surface area is 145 Å². The number of hydrogen-bond acceptors (Lipinski definition) is 6. The van der Waals surface area contributed by atoms with E-state index in [9.17, 15) is 9.59 Å². The first-order valence-corrected chi connectivity index (χ1v) is 7.59. The highest BCUT2D eigenvalue weighted by Crippen LogP contribution is 2.42. The van der Waals surface area contributed by atoms with Gasteiger partial charge in [-0.3, -0.25) is 0 Å². The molecule has 1 aliphatic rings. The predicted molar refractivity (Wildman–Crippen MR) is 91.2 cm³/mol. The maximum atomic E-state index is 12.4. The summed E-state index contributed by atoms with van der Waals surface area (Å²) in [7, 11) is 2.56. The molecule has 0 bridgehead atoms. The number of methoxy groups -OCH3 is 2. The Kier molecular flexibility index (Phi) is 5.19. The van der Waals surface area contributed by atoms with Crippen LogP contribution in [0.4, 0.5) is 5.69 Å². The van der Waals surface area contributed by atoms with E-state index in [4.69, 9.17) is 26.8 Å². The van der Waals surface area contributed by atoms with Crippen molar-refractivity contribution in [2.24, 2.45) is 0 Å². The molecule has 0 atom stereocenters. The van der Waals surface area contributed by atoms with Gasteiger partial charge in [-0.15, -0.1) is 0 Å². The Morgan fingerprint density at radius 3 is 2.04 bits per heavy atom. The van der Waals surface area contributed by atoms with Crippen LogP contribution >= 0.6 is 11.6 Å². The van der Waals surface area contributed by atoms with E-state index in [0.717, 1.165) is 0 Å². The van der Waals surface area contributed by atoms with Crippen LogP contribution in [-0.2, 0) is 19.1 Å². The number of nitrogens with two attached hydrogens (primary N) is 1. The van der Waals surface area contributed by atoms with Crippen LogP contribution in [0.5, 0.6) is 0 Å². The van der Waals surface area contributed by atoms with Crippen LogP contribution in [-0.4, -0.2) is 26.2 Å². The SMILES string of the molecule is COC(=O)C1=C(C)NC(C)=C(C(=O)OC)C1c1cc(N)ccc1Cl. The summed E-state index contributed by atoms with van der Waals surface area (Å²) >= 11 is 6.33. The molecule has 0 radical (unpaired) electrons. The minimum atomic E-state index is -0.734. The molecule has 6 nitrogen and oxygen atoms in total. The number of halogens is 1. The Bertz CT molecular complexity index is 730. The summed E-state index contributed by atoms with van der Waals surface area (Å²) < 4.78 is 9.79. The van der Waals surface area contributed by atoms with Crippen molar-refractivity contribution in [1.29, 1.82) is 0 Å². The highest BCUT2D eigenvalue weighted by atomic mass is 35.5. The lowest BCUT2D eigenvalue weighted by molar-refractivity contribution is -0.137. The predicted octanol–water partition coefficient (Wildman–Crippen LogP) is 2.50. The largest absolute Gasteiger partial charge is 0.466 e. The highest BCUT2D eigenvalue weighted by Gasteiger charge is 2.38. The number of rotatable bonds is 3. The van der Waals surface area contributed by atoms with Crippen molar-refractivity contribution in [3.8, 4) is 0 Å². The van der Waals surface area contributed by atoms with Gasteiger partial charge in [0.05, 0.1) is 31.3 Å². The zero-order valence-corrected chi connectivity index (χ0v) is 14.7. The molecule has 0 aliphatic carbocycles. The van der Waals surface area contributed by atoms with E-state index >= 15 is 0 Å². The van der Waals surface area contributed by atoms with Crippen LogP contribution in [0.1, 0.15) is 25.3 Å². The van der Waals surface area contributed by atoms with Gasteiger partial charge in [0.15, 0.2) is 0 Å². The number of carbonyl (C=O) groups excluding carboxylic acids is 2. The van der Waals surface area contributed by atoms with Gasteiger partial charge in [-0.1, -0.05) is 11.6 Å². The summed E-state index contributed by atoms with van der Waals surface area (Å²) in [4.78, 5) is 24.7. The first kappa shape index (κ1) is 17.9. The fourth-order valence-corrected chi connectivity index (χ4v) is 3.08. The Hall–Kier alpha value is -2.47. The van der Waals surface area contributed by atoms with Crippen molar-refractivity contribution in [3.05, 3.63) is 51.3 Å². The van der Waals surface area contributed by atoms with Crippen molar-refractivity contribution >= 4 is 29.2 Å². The number of hydrogen-bond donors (Lipinski definition) is 2. The molecule has 0 amide bonds. The van der Waals surface area contributed by atoms with Gasteiger partial charge in [0.25, 0.3) is 0 Å². The second kappa shape index (κ2) is 6.97. The molecule has 0 saturated carbocycles. The van der Waals surface area contributed by atoms with Crippen molar-refractivity contribution in [3.63, 3.8) is 0 Å². The fraction of sp³-hybridized carbons (Fsp3) is 0.294. The molecule has 24 heavy (non-hydrogen) atoms. The van der Waals surface area contributed by atoms with Gasteiger partial charge in [0, 0.05) is 22.1 Å². The number of dihydropyridines is 1. The molecule has 0 aromatic heterocycles. The smallest absolute Gasteiger partial charge is 0.336 e. The Balaban J connectivity index is 2.77.